The van der Waals surface area contributed by atoms with E-state index < -0.39 is 4.92 Å². The summed E-state index contributed by atoms with van der Waals surface area (Å²) in [7, 11) is 0. The van der Waals surface area contributed by atoms with Crippen LogP contribution < -0.4 is 4.90 Å². The Morgan fingerprint density at radius 1 is 1.47 bits per heavy atom. The van der Waals surface area contributed by atoms with Crippen molar-refractivity contribution in [3.63, 3.8) is 0 Å². The summed E-state index contributed by atoms with van der Waals surface area (Å²) in [6.07, 6.45) is 2.27. The molecule has 0 saturated carbocycles. The van der Waals surface area contributed by atoms with Crippen LogP contribution in [0.25, 0.3) is 0 Å². The van der Waals surface area contributed by atoms with Gasteiger partial charge < -0.3 is 4.90 Å². The minimum absolute atomic E-state index is 0.0434. The van der Waals surface area contributed by atoms with Crippen LogP contribution in [0, 0.1) is 10.1 Å². The Morgan fingerprint density at radius 2 is 2.13 bits per heavy atom. The molecule has 0 amide bonds. The Kier molecular flexibility index (Phi) is 2.63. The Morgan fingerprint density at radius 3 is 2.67 bits per heavy atom. The fourth-order valence-electron chi connectivity index (χ4n) is 1.43. The lowest BCUT2D eigenvalue weighted by Crippen LogP contribution is -2.33. The average molecular weight is 227 g/mol. The molecule has 15 heavy (non-hydrogen) atoms. The molecule has 1 aliphatic rings. The number of ketones is 1. The van der Waals surface area contributed by atoms with Crippen LogP contribution in [0.15, 0.2) is 6.20 Å². The molecule has 7 heteroatoms. The Balaban J connectivity index is 2.09. The van der Waals surface area contributed by atoms with E-state index in [0.717, 1.165) is 11.3 Å². The van der Waals surface area contributed by atoms with Gasteiger partial charge in [0.05, 0.1) is 4.92 Å². The third-order valence-electron chi connectivity index (χ3n) is 2.25. The number of aromatic nitrogens is 1. The van der Waals surface area contributed by atoms with E-state index in [1.54, 1.807) is 0 Å². The van der Waals surface area contributed by atoms with E-state index in [2.05, 4.69) is 4.98 Å². The smallest absolute Gasteiger partial charge is 0.345 e. The van der Waals surface area contributed by atoms with Crippen molar-refractivity contribution in [2.75, 3.05) is 18.0 Å². The van der Waals surface area contributed by atoms with Crippen LogP contribution in [-0.4, -0.2) is 28.8 Å². The van der Waals surface area contributed by atoms with Crippen molar-refractivity contribution in [3.8, 4) is 0 Å². The molecule has 0 unspecified atom stereocenters. The molecule has 0 radical (unpaired) electrons. The number of hydrogen-bond donors (Lipinski definition) is 0. The molecule has 1 aromatic rings. The molecule has 0 aliphatic carbocycles. The molecule has 2 heterocycles. The molecule has 1 fully saturated rings. The molecule has 6 nitrogen and oxygen atoms in total. The number of Topliss-reactive ketones (excluding diaryl/α,β-unsaturated/α-hetero) is 1. The highest BCUT2D eigenvalue weighted by molar-refractivity contribution is 7.18. The van der Waals surface area contributed by atoms with Crippen LogP contribution in [0.5, 0.6) is 0 Å². The summed E-state index contributed by atoms with van der Waals surface area (Å²) in [4.78, 5) is 26.9. The summed E-state index contributed by atoms with van der Waals surface area (Å²) in [5.74, 6) is 0.248. The number of piperidine rings is 1. The van der Waals surface area contributed by atoms with Gasteiger partial charge in [-0.3, -0.25) is 14.9 Å². The normalized spacial score (nSPS) is 16.8. The highest BCUT2D eigenvalue weighted by Crippen LogP contribution is 2.29. The van der Waals surface area contributed by atoms with Gasteiger partial charge in [0.2, 0.25) is 0 Å². The summed E-state index contributed by atoms with van der Waals surface area (Å²) in [5.41, 5.74) is 0. The summed E-state index contributed by atoms with van der Waals surface area (Å²) in [6.45, 7) is 1.23. The third-order valence-corrected chi connectivity index (χ3v) is 3.26. The lowest BCUT2D eigenvalue weighted by atomic mass is 10.1. The molecule has 0 aromatic carbocycles. The topological polar surface area (TPSA) is 76.3 Å². The van der Waals surface area contributed by atoms with Gasteiger partial charge in [-0.05, 0) is 11.3 Å². The predicted octanol–water partition coefficient (Wildman–Crippen LogP) is 1.22. The molecule has 1 aliphatic heterocycles. The van der Waals surface area contributed by atoms with Gasteiger partial charge in [0.1, 0.15) is 12.0 Å². The Bertz CT molecular complexity index is 394. The number of hydrogen-bond acceptors (Lipinski definition) is 6. The molecule has 1 saturated heterocycles. The second-order valence-electron chi connectivity index (χ2n) is 3.26. The minimum atomic E-state index is -0.448. The quantitative estimate of drug-likeness (QED) is 0.560. The maximum absolute atomic E-state index is 11.0. The number of nitrogens with zero attached hydrogens (tertiary/aromatic N) is 3. The van der Waals surface area contributed by atoms with Gasteiger partial charge in [0.25, 0.3) is 0 Å². The number of anilines is 1. The van der Waals surface area contributed by atoms with E-state index in [1.165, 1.54) is 6.20 Å². The van der Waals surface area contributed by atoms with Crippen molar-refractivity contribution in [3.05, 3.63) is 16.3 Å². The Labute approximate surface area is 89.7 Å². The van der Waals surface area contributed by atoms with Crippen LogP contribution in [0.1, 0.15) is 12.8 Å². The van der Waals surface area contributed by atoms with Gasteiger partial charge in [-0.15, -0.1) is 0 Å². The molecule has 0 N–H and O–H groups in total. The molecule has 0 bridgehead atoms. The van der Waals surface area contributed by atoms with Crippen LogP contribution in [0.3, 0.4) is 0 Å². The number of thiazole rings is 1. The maximum Gasteiger partial charge on any atom is 0.345 e. The first kappa shape index (κ1) is 10.0. The largest absolute Gasteiger partial charge is 0.347 e. The first-order valence-electron chi connectivity index (χ1n) is 4.53. The highest BCUT2D eigenvalue weighted by Gasteiger charge is 2.21. The summed E-state index contributed by atoms with van der Waals surface area (Å²) < 4.78 is 0. The SMILES string of the molecule is O=C1CCN(c2ncc([N+](=O)[O-])s2)CC1. The van der Waals surface area contributed by atoms with Crippen LogP contribution >= 0.6 is 11.3 Å². The van der Waals surface area contributed by atoms with E-state index >= 15 is 0 Å². The molecule has 1 aromatic heterocycles. The molecular formula is C8H9N3O3S. The molecular weight excluding hydrogens is 218 g/mol. The molecule has 2 rings (SSSR count). The van der Waals surface area contributed by atoms with Crippen molar-refractivity contribution < 1.29 is 9.72 Å². The average Bonchev–Trinajstić information content (AvgIpc) is 2.68. The van der Waals surface area contributed by atoms with Crippen molar-refractivity contribution in [2.24, 2.45) is 0 Å². The monoisotopic (exact) mass is 227 g/mol. The second-order valence-corrected chi connectivity index (χ2v) is 4.25. The van der Waals surface area contributed by atoms with E-state index in [-0.39, 0.29) is 10.8 Å². The van der Waals surface area contributed by atoms with Crippen molar-refractivity contribution in [1.82, 2.24) is 4.98 Å². The van der Waals surface area contributed by atoms with Gasteiger partial charge in [-0.2, -0.15) is 0 Å². The van der Waals surface area contributed by atoms with Crippen molar-refractivity contribution in [1.29, 1.82) is 0 Å². The first-order valence-corrected chi connectivity index (χ1v) is 5.35. The zero-order chi connectivity index (χ0) is 10.8. The van der Waals surface area contributed by atoms with Crippen LogP contribution in [-0.2, 0) is 4.79 Å². The van der Waals surface area contributed by atoms with E-state index in [4.69, 9.17) is 0 Å². The second kappa shape index (κ2) is 3.93. The fourth-order valence-corrected chi connectivity index (χ4v) is 2.22. The third kappa shape index (κ3) is 2.12. The van der Waals surface area contributed by atoms with Gasteiger partial charge in [0.15, 0.2) is 5.13 Å². The van der Waals surface area contributed by atoms with Gasteiger partial charge in [-0.25, -0.2) is 4.98 Å². The standard InChI is InChI=1S/C8H9N3O3S/c12-6-1-3-10(4-2-6)8-9-5-7(15-8)11(13)14/h5H,1-4H2. The number of nitro groups is 1. The fraction of sp³-hybridized carbons (Fsp3) is 0.500. The summed E-state index contributed by atoms with van der Waals surface area (Å²) >= 11 is 1.05. The van der Waals surface area contributed by atoms with E-state index in [0.29, 0.717) is 31.1 Å². The minimum Gasteiger partial charge on any atom is -0.347 e. The number of carbonyl (C=O) groups excluding carboxylic acids is 1. The van der Waals surface area contributed by atoms with Crippen molar-refractivity contribution in [2.45, 2.75) is 12.8 Å². The van der Waals surface area contributed by atoms with E-state index in [9.17, 15) is 14.9 Å². The van der Waals surface area contributed by atoms with Gasteiger partial charge in [-0.1, -0.05) is 0 Å². The predicted molar refractivity (Wildman–Crippen MR) is 55.2 cm³/mol. The van der Waals surface area contributed by atoms with Gasteiger partial charge >= 0.3 is 5.00 Å². The number of carbonyl (C=O) groups is 1. The Hall–Kier alpha value is -1.50. The van der Waals surface area contributed by atoms with Crippen LogP contribution in [0.4, 0.5) is 10.1 Å². The maximum atomic E-state index is 11.0. The molecule has 0 atom stereocenters. The summed E-state index contributed by atoms with van der Waals surface area (Å²) in [5, 5.41) is 11.1. The van der Waals surface area contributed by atoms with Crippen molar-refractivity contribution >= 4 is 27.3 Å². The number of rotatable bonds is 2. The first-order chi connectivity index (χ1) is 7.16. The zero-order valence-corrected chi connectivity index (χ0v) is 8.70. The van der Waals surface area contributed by atoms with E-state index in [1.807, 2.05) is 4.90 Å². The zero-order valence-electron chi connectivity index (χ0n) is 7.88. The molecule has 0 spiro atoms. The molecule has 80 valence electrons. The summed E-state index contributed by atoms with van der Waals surface area (Å²) in [6, 6.07) is 0. The lowest BCUT2D eigenvalue weighted by molar-refractivity contribution is -0.380. The van der Waals surface area contributed by atoms with Crippen LogP contribution in [0.2, 0.25) is 0 Å². The van der Waals surface area contributed by atoms with Gasteiger partial charge in [0, 0.05) is 25.9 Å². The lowest BCUT2D eigenvalue weighted by Gasteiger charge is -2.24. The highest BCUT2D eigenvalue weighted by atomic mass is 32.1.